The average molecular weight is 586 g/mol. The van der Waals surface area contributed by atoms with Crippen LogP contribution in [0.15, 0.2) is 30.7 Å². The van der Waals surface area contributed by atoms with E-state index in [1.54, 1.807) is 10.8 Å². The second-order valence-corrected chi connectivity index (χ2v) is 13.6. The van der Waals surface area contributed by atoms with Gasteiger partial charge in [0.1, 0.15) is 41.9 Å². The lowest BCUT2D eigenvalue weighted by Gasteiger charge is -2.46. The first-order valence-electron chi connectivity index (χ1n) is 15.3. The molecular formula is C33H43N7O3. The minimum atomic E-state index is -1.14. The first-order valence-corrected chi connectivity index (χ1v) is 15.3. The molecule has 1 aromatic carbocycles. The number of aromatic nitrogens is 5. The van der Waals surface area contributed by atoms with Crippen molar-refractivity contribution in [2.75, 3.05) is 12.3 Å². The molecule has 1 saturated carbocycles. The van der Waals surface area contributed by atoms with Gasteiger partial charge in [0.2, 0.25) is 0 Å². The number of imidazole rings is 1. The lowest BCUT2D eigenvalue weighted by Crippen LogP contribution is -2.52. The summed E-state index contributed by atoms with van der Waals surface area (Å²) in [6.45, 7) is 11.5. The number of aromatic amines is 1. The van der Waals surface area contributed by atoms with E-state index in [4.69, 9.17) is 21.9 Å². The molecule has 0 unspecified atom stereocenters. The first-order chi connectivity index (χ1) is 20.4. The summed E-state index contributed by atoms with van der Waals surface area (Å²) >= 11 is 0. The van der Waals surface area contributed by atoms with Gasteiger partial charge in [0.15, 0.2) is 6.23 Å². The van der Waals surface area contributed by atoms with Crippen LogP contribution in [-0.2, 0) is 16.6 Å². The number of aryl methyl sites for hydroxylation is 1. The molecule has 2 fully saturated rings. The van der Waals surface area contributed by atoms with Crippen LogP contribution >= 0.6 is 0 Å². The highest BCUT2D eigenvalue weighted by Crippen LogP contribution is 2.39. The molecule has 0 radical (unpaired) electrons. The minimum Gasteiger partial charge on any atom is -0.387 e. The maximum Gasteiger partial charge on any atom is 0.164 e. The van der Waals surface area contributed by atoms with Gasteiger partial charge in [-0.15, -0.1) is 6.42 Å². The Bertz CT molecular complexity index is 1660. The van der Waals surface area contributed by atoms with E-state index in [0.717, 1.165) is 42.5 Å². The second-order valence-electron chi connectivity index (χ2n) is 13.6. The largest absolute Gasteiger partial charge is 0.387 e. The summed E-state index contributed by atoms with van der Waals surface area (Å²) in [5.74, 6) is 4.55. The third-order valence-electron chi connectivity index (χ3n) is 9.33. The van der Waals surface area contributed by atoms with Crippen LogP contribution in [0, 0.1) is 18.3 Å². The standard InChI is InChI=1S/C33H43N7O3/c1-7-20-15-40(31-27(20)30(34)35-17-36-31)32-29(42)28(41)25(43-32)16-39(18(2)3)22-12-19(13-22)8-11-26-37-23-10-9-21(33(4,5)6)14-24(23)38-26/h1,9-10,14-15,17-19,22,25,28-29,32,41-42H,8,11-13,16H2,2-6H3,(H,37,38)(H2,34,35,36)/t19-,22-,25-,28-,29-,32-/m1/s1. The molecule has 1 aliphatic carbocycles. The smallest absolute Gasteiger partial charge is 0.164 e. The van der Waals surface area contributed by atoms with E-state index < -0.39 is 24.5 Å². The van der Waals surface area contributed by atoms with Gasteiger partial charge in [0.05, 0.1) is 22.0 Å². The Morgan fingerprint density at radius 1 is 1.21 bits per heavy atom. The number of anilines is 1. The Hall–Kier alpha value is -3.49. The SMILES string of the molecule is C#Cc1cn([C@@H]2O[C@H](CN(C(C)C)[C@H]3C[C@H](CCc4nc5cc(C(C)(C)C)ccc5[nH]4)C3)[C@@H](O)[C@H]2O)c2ncnc(N)c12. The van der Waals surface area contributed by atoms with Crippen LogP contribution in [0.1, 0.15) is 77.1 Å². The van der Waals surface area contributed by atoms with Crippen molar-refractivity contribution in [1.29, 1.82) is 0 Å². The number of benzene rings is 1. The van der Waals surface area contributed by atoms with Gasteiger partial charge in [-0.2, -0.15) is 0 Å². The van der Waals surface area contributed by atoms with Crippen LogP contribution in [0.2, 0.25) is 0 Å². The third kappa shape index (κ3) is 5.51. The number of fused-ring (bicyclic) bond motifs is 2. The summed E-state index contributed by atoms with van der Waals surface area (Å²) in [5.41, 5.74) is 10.6. The third-order valence-corrected chi connectivity index (χ3v) is 9.33. The molecule has 228 valence electrons. The molecule has 0 amide bonds. The summed E-state index contributed by atoms with van der Waals surface area (Å²) in [5, 5.41) is 22.6. The van der Waals surface area contributed by atoms with E-state index in [2.05, 4.69) is 78.6 Å². The maximum absolute atomic E-state index is 11.0. The number of nitrogens with two attached hydrogens (primary N) is 1. The van der Waals surface area contributed by atoms with E-state index in [0.29, 0.717) is 35.1 Å². The maximum atomic E-state index is 11.0. The predicted molar refractivity (Wildman–Crippen MR) is 167 cm³/mol. The van der Waals surface area contributed by atoms with Gasteiger partial charge in [-0.1, -0.05) is 32.8 Å². The number of nitrogens with one attached hydrogen (secondary N) is 1. The molecule has 10 heteroatoms. The van der Waals surface area contributed by atoms with Crippen LogP contribution in [-0.4, -0.2) is 76.6 Å². The normalized spacial score (nSPS) is 26.0. The highest BCUT2D eigenvalue weighted by Gasteiger charge is 2.46. The van der Waals surface area contributed by atoms with Crippen LogP contribution in [0.3, 0.4) is 0 Å². The molecule has 1 saturated heterocycles. The Morgan fingerprint density at radius 3 is 2.67 bits per heavy atom. The van der Waals surface area contributed by atoms with Gasteiger partial charge in [-0.3, -0.25) is 4.90 Å². The van der Waals surface area contributed by atoms with Crippen LogP contribution in [0.25, 0.3) is 22.1 Å². The quantitative estimate of drug-likeness (QED) is 0.228. The summed E-state index contributed by atoms with van der Waals surface area (Å²) in [6.07, 6.45) is 9.32. The summed E-state index contributed by atoms with van der Waals surface area (Å²) in [4.78, 5) is 19.2. The summed E-state index contributed by atoms with van der Waals surface area (Å²) in [6, 6.07) is 7.19. The lowest BCUT2D eigenvalue weighted by atomic mass is 9.76. The number of aliphatic hydroxyl groups excluding tert-OH is 2. The predicted octanol–water partition coefficient (Wildman–Crippen LogP) is 3.91. The zero-order valence-electron chi connectivity index (χ0n) is 25.7. The highest BCUT2D eigenvalue weighted by molar-refractivity contribution is 5.92. The van der Waals surface area contributed by atoms with E-state index in [1.807, 2.05) is 0 Å². The number of ether oxygens (including phenoxy) is 1. The molecule has 5 N–H and O–H groups in total. The molecular weight excluding hydrogens is 542 g/mol. The van der Waals surface area contributed by atoms with E-state index >= 15 is 0 Å². The zero-order valence-corrected chi connectivity index (χ0v) is 25.7. The number of hydrogen-bond donors (Lipinski definition) is 4. The molecule has 4 heterocycles. The Labute approximate surface area is 252 Å². The van der Waals surface area contributed by atoms with Gasteiger partial charge in [0, 0.05) is 31.2 Å². The van der Waals surface area contributed by atoms with E-state index in [1.165, 1.54) is 11.9 Å². The molecule has 43 heavy (non-hydrogen) atoms. The average Bonchev–Trinajstić information content (AvgIpc) is 3.60. The van der Waals surface area contributed by atoms with Crippen molar-refractivity contribution in [2.24, 2.45) is 5.92 Å². The molecule has 4 aromatic rings. The number of H-pyrrole nitrogens is 1. The lowest BCUT2D eigenvalue weighted by molar-refractivity contribution is -0.0618. The van der Waals surface area contributed by atoms with E-state index in [9.17, 15) is 10.2 Å². The molecule has 4 atom stereocenters. The molecule has 3 aromatic heterocycles. The van der Waals surface area contributed by atoms with Gasteiger partial charge < -0.3 is 30.2 Å². The van der Waals surface area contributed by atoms with Crippen LogP contribution in [0.5, 0.6) is 0 Å². The van der Waals surface area contributed by atoms with Gasteiger partial charge in [-0.05, 0) is 62.1 Å². The molecule has 6 rings (SSSR count). The number of nitrogens with zero attached hydrogens (tertiary/aromatic N) is 5. The van der Waals surface area contributed by atoms with Crippen molar-refractivity contribution in [3.05, 3.63) is 47.7 Å². The number of terminal acetylenes is 1. The van der Waals surface area contributed by atoms with Crippen molar-refractivity contribution >= 4 is 27.9 Å². The van der Waals surface area contributed by atoms with Crippen molar-refractivity contribution < 1.29 is 14.9 Å². The Morgan fingerprint density at radius 2 is 1.98 bits per heavy atom. The molecule has 0 bridgehead atoms. The number of rotatable bonds is 8. The van der Waals surface area contributed by atoms with Crippen LogP contribution in [0.4, 0.5) is 5.82 Å². The number of aliphatic hydroxyl groups is 2. The highest BCUT2D eigenvalue weighted by atomic mass is 16.6. The van der Waals surface area contributed by atoms with Crippen molar-refractivity contribution in [1.82, 2.24) is 29.4 Å². The fourth-order valence-corrected chi connectivity index (χ4v) is 6.70. The Kier molecular flexibility index (Phi) is 7.71. The second kappa shape index (κ2) is 11.2. The Balaban J connectivity index is 1.08. The first kappa shape index (κ1) is 29.6. The van der Waals surface area contributed by atoms with Gasteiger partial charge in [-0.25, -0.2) is 15.0 Å². The number of hydrogen-bond acceptors (Lipinski definition) is 8. The van der Waals surface area contributed by atoms with Gasteiger partial charge >= 0.3 is 0 Å². The molecule has 1 aliphatic heterocycles. The van der Waals surface area contributed by atoms with E-state index in [-0.39, 0.29) is 17.3 Å². The molecule has 2 aliphatic rings. The fourth-order valence-electron chi connectivity index (χ4n) is 6.70. The monoisotopic (exact) mass is 585 g/mol. The minimum absolute atomic E-state index is 0.0980. The fraction of sp³-hybridized carbons (Fsp3) is 0.545. The topological polar surface area (TPSA) is 138 Å². The number of nitrogen functional groups attached to an aromatic ring is 1. The van der Waals surface area contributed by atoms with Crippen molar-refractivity contribution in [2.45, 2.75) is 102 Å². The van der Waals surface area contributed by atoms with Crippen molar-refractivity contribution in [3.8, 4) is 12.3 Å². The van der Waals surface area contributed by atoms with Crippen molar-refractivity contribution in [3.63, 3.8) is 0 Å². The summed E-state index contributed by atoms with van der Waals surface area (Å²) < 4.78 is 7.97. The van der Waals surface area contributed by atoms with Crippen LogP contribution < -0.4 is 5.73 Å². The van der Waals surface area contributed by atoms with Gasteiger partial charge in [0.25, 0.3) is 0 Å². The zero-order chi connectivity index (χ0) is 30.6. The summed E-state index contributed by atoms with van der Waals surface area (Å²) in [7, 11) is 0. The molecule has 10 nitrogen and oxygen atoms in total. The molecule has 0 spiro atoms.